The molecular formula is C21H14Cl2N2O2S. The molecule has 3 aromatic carbocycles. The molecular weight excluding hydrogens is 415 g/mol. The minimum Gasteiger partial charge on any atom is -0.337 e. The molecule has 0 radical (unpaired) electrons. The van der Waals surface area contributed by atoms with Crippen LogP contribution < -0.4 is 0 Å². The highest BCUT2D eigenvalue weighted by Crippen LogP contribution is 2.34. The van der Waals surface area contributed by atoms with Gasteiger partial charge in [-0.2, -0.15) is 0 Å². The van der Waals surface area contributed by atoms with Gasteiger partial charge in [0.05, 0.1) is 15.9 Å². The topological polar surface area (TPSA) is 62.8 Å². The van der Waals surface area contributed by atoms with Crippen LogP contribution in [0, 0.1) is 0 Å². The molecule has 0 aliphatic rings. The second kappa shape index (κ2) is 7.43. The quantitative estimate of drug-likeness (QED) is 0.443. The summed E-state index contributed by atoms with van der Waals surface area (Å²) in [4.78, 5) is 7.71. The Labute approximate surface area is 172 Å². The Kier molecular flexibility index (Phi) is 4.98. The van der Waals surface area contributed by atoms with Gasteiger partial charge in [-0.3, -0.25) is 0 Å². The third kappa shape index (κ3) is 3.44. The maximum Gasteiger partial charge on any atom is 0.210 e. The SMILES string of the molecule is O=S(=O)(C(=Cc1c(Cl)cccc1Cl)c1nc2ccccc2[nH]1)c1ccccc1. The van der Waals surface area contributed by atoms with Gasteiger partial charge in [0, 0.05) is 15.6 Å². The number of benzene rings is 3. The van der Waals surface area contributed by atoms with Crippen molar-refractivity contribution in [3.05, 3.63) is 94.2 Å². The van der Waals surface area contributed by atoms with Gasteiger partial charge in [0.15, 0.2) is 0 Å². The van der Waals surface area contributed by atoms with E-state index >= 15 is 0 Å². The monoisotopic (exact) mass is 428 g/mol. The lowest BCUT2D eigenvalue weighted by Gasteiger charge is -2.09. The Hall–Kier alpha value is -2.60. The number of hydrogen-bond donors (Lipinski definition) is 1. The van der Waals surface area contributed by atoms with Crippen molar-refractivity contribution in [1.29, 1.82) is 0 Å². The Morgan fingerprint density at radius 2 is 1.50 bits per heavy atom. The molecule has 0 aliphatic heterocycles. The molecule has 0 unspecified atom stereocenters. The van der Waals surface area contributed by atoms with Crippen molar-refractivity contribution in [3.8, 4) is 0 Å². The molecule has 0 fully saturated rings. The molecule has 0 amide bonds. The van der Waals surface area contributed by atoms with E-state index in [1.54, 1.807) is 48.5 Å². The van der Waals surface area contributed by atoms with Crippen LogP contribution in [0.2, 0.25) is 10.0 Å². The number of nitrogens with zero attached hydrogens (tertiary/aromatic N) is 1. The molecule has 140 valence electrons. The summed E-state index contributed by atoms with van der Waals surface area (Å²) in [6.45, 7) is 0. The average molecular weight is 429 g/mol. The minimum atomic E-state index is -3.88. The molecule has 4 rings (SSSR count). The number of para-hydroxylation sites is 2. The van der Waals surface area contributed by atoms with Gasteiger partial charge in [0.1, 0.15) is 10.7 Å². The summed E-state index contributed by atoms with van der Waals surface area (Å²) < 4.78 is 26.8. The van der Waals surface area contributed by atoms with E-state index in [0.29, 0.717) is 21.1 Å². The molecule has 1 aromatic heterocycles. The fourth-order valence-electron chi connectivity index (χ4n) is 2.85. The number of imidazole rings is 1. The summed E-state index contributed by atoms with van der Waals surface area (Å²) in [7, 11) is -3.88. The second-order valence-corrected chi connectivity index (χ2v) is 8.80. The summed E-state index contributed by atoms with van der Waals surface area (Å²) in [5.74, 6) is 0.223. The van der Waals surface area contributed by atoms with E-state index in [4.69, 9.17) is 23.2 Å². The zero-order valence-corrected chi connectivity index (χ0v) is 16.8. The maximum atomic E-state index is 13.4. The molecule has 0 saturated heterocycles. The molecule has 0 bridgehead atoms. The molecule has 1 N–H and O–H groups in total. The van der Waals surface area contributed by atoms with E-state index in [2.05, 4.69) is 9.97 Å². The van der Waals surface area contributed by atoms with E-state index in [9.17, 15) is 8.42 Å². The third-order valence-corrected chi connectivity index (χ3v) is 6.68. The van der Waals surface area contributed by atoms with Crippen molar-refractivity contribution < 1.29 is 8.42 Å². The Morgan fingerprint density at radius 3 is 2.18 bits per heavy atom. The van der Waals surface area contributed by atoms with E-state index in [1.165, 1.54) is 6.08 Å². The van der Waals surface area contributed by atoms with E-state index in [0.717, 1.165) is 5.52 Å². The summed E-state index contributed by atoms with van der Waals surface area (Å²) in [6.07, 6.45) is 1.46. The van der Waals surface area contributed by atoms with Crippen LogP contribution in [0.25, 0.3) is 22.0 Å². The molecule has 0 saturated carbocycles. The lowest BCUT2D eigenvalue weighted by Crippen LogP contribution is -2.06. The predicted molar refractivity (Wildman–Crippen MR) is 114 cm³/mol. The van der Waals surface area contributed by atoms with E-state index in [1.807, 2.05) is 24.3 Å². The van der Waals surface area contributed by atoms with Gasteiger partial charge in [-0.15, -0.1) is 0 Å². The largest absolute Gasteiger partial charge is 0.337 e. The van der Waals surface area contributed by atoms with Crippen molar-refractivity contribution in [1.82, 2.24) is 9.97 Å². The Morgan fingerprint density at radius 1 is 0.857 bits per heavy atom. The van der Waals surface area contributed by atoms with Crippen LogP contribution in [0.5, 0.6) is 0 Å². The molecule has 1 heterocycles. The van der Waals surface area contributed by atoms with E-state index < -0.39 is 9.84 Å². The molecule has 0 atom stereocenters. The standard InChI is InChI=1S/C21H14Cl2N2O2S/c22-16-9-6-10-17(23)15(16)13-20(28(26,27)14-7-2-1-3-8-14)21-24-18-11-4-5-12-19(18)25-21/h1-13H,(H,24,25). The van der Waals surface area contributed by atoms with Crippen LogP contribution in [0.3, 0.4) is 0 Å². The molecule has 28 heavy (non-hydrogen) atoms. The third-order valence-electron chi connectivity index (χ3n) is 4.24. The Balaban J connectivity index is 2.00. The predicted octanol–water partition coefficient (Wildman–Crippen LogP) is 5.84. The van der Waals surface area contributed by atoms with Crippen LogP contribution in [-0.2, 0) is 9.84 Å². The zero-order valence-electron chi connectivity index (χ0n) is 14.4. The smallest absolute Gasteiger partial charge is 0.210 e. The van der Waals surface area contributed by atoms with Crippen LogP contribution >= 0.6 is 23.2 Å². The normalized spacial score (nSPS) is 12.4. The summed E-state index contributed by atoms with van der Waals surface area (Å²) in [6, 6.07) is 20.5. The fraction of sp³-hybridized carbons (Fsp3) is 0. The number of aromatic amines is 1. The average Bonchev–Trinajstić information content (AvgIpc) is 3.12. The molecule has 0 aliphatic carbocycles. The van der Waals surface area contributed by atoms with Gasteiger partial charge in [0.2, 0.25) is 9.84 Å². The summed E-state index contributed by atoms with van der Waals surface area (Å²) >= 11 is 12.6. The fourth-order valence-corrected chi connectivity index (χ4v) is 4.75. The lowest BCUT2D eigenvalue weighted by atomic mass is 10.2. The lowest BCUT2D eigenvalue weighted by molar-refractivity contribution is 0.606. The Bertz CT molecular complexity index is 1240. The number of hydrogen-bond acceptors (Lipinski definition) is 3. The highest BCUT2D eigenvalue weighted by molar-refractivity contribution is 8.00. The van der Waals surface area contributed by atoms with Crippen molar-refractivity contribution in [2.45, 2.75) is 4.90 Å². The van der Waals surface area contributed by atoms with Gasteiger partial charge in [-0.05, 0) is 42.5 Å². The van der Waals surface area contributed by atoms with Gasteiger partial charge in [-0.25, -0.2) is 13.4 Å². The first-order valence-corrected chi connectivity index (χ1v) is 10.6. The summed E-state index contributed by atoms with van der Waals surface area (Å²) in [5, 5.41) is 0.703. The highest BCUT2D eigenvalue weighted by atomic mass is 35.5. The number of fused-ring (bicyclic) bond motifs is 1. The number of nitrogens with one attached hydrogen (secondary N) is 1. The van der Waals surface area contributed by atoms with Gasteiger partial charge in [0.25, 0.3) is 0 Å². The highest BCUT2D eigenvalue weighted by Gasteiger charge is 2.26. The van der Waals surface area contributed by atoms with Gasteiger partial charge >= 0.3 is 0 Å². The second-order valence-electron chi connectivity index (χ2n) is 6.06. The number of sulfone groups is 1. The number of halogens is 2. The number of aromatic nitrogens is 2. The van der Waals surface area contributed by atoms with Crippen LogP contribution in [-0.4, -0.2) is 18.4 Å². The van der Waals surface area contributed by atoms with Crippen molar-refractivity contribution in [3.63, 3.8) is 0 Å². The van der Waals surface area contributed by atoms with Crippen molar-refractivity contribution in [2.24, 2.45) is 0 Å². The zero-order chi connectivity index (χ0) is 19.7. The molecule has 4 nitrogen and oxygen atoms in total. The van der Waals surface area contributed by atoms with Gasteiger partial charge < -0.3 is 4.98 Å². The molecule has 4 aromatic rings. The van der Waals surface area contributed by atoms with Crippen molar-refractivity contribution in [2.75, 3.05) is 0 Å². The minimum absolute atomic E-state index is 0.00935. The van der Waals surface area contributed by atoms with Crippen LogP contribution in [0.15, 0.2) is 77.7 Å². The van der Waals surface area contributed by atoms with Crippen LogP contribution in [0.4, 0.5) is 0 Å². The van der Waals surface area contributed by atoms with Crippen molar-refractivity contribution >= 4 is 55.1 Å². The first-order valence-electron chi connectivity index (χ1n) is 8.38. The first kappa shape index (κ1) is 18.7. The van der Waals surface area contributed by atoms with Gasteiger partial charge in [-0.1, -0.05) is 59.6 Å². The molecule has 7 heteroatoms. The number of H-pyrrole nitrogens is 1. The molecule has 0 spiro atoms. The van der Waals surface area contributed by atoms with Crippen LogP contribution in [0.1, 0.15) is 11.4 Å². The first-order chi connectivity index (χ1) is 13.5. The maximum absolute atomic E-state index is 13.4. The van der Waals surface area contributed by atoms with E-state index in [-0.39, 0.29) is 15.6 Å². The number of rotatable bonds is 4. The summed E-state index contributed by atoms with van der Waals surface area (Å²) in [5.41, 5.74) is 1.81.